The third-order valence-corrected chi connectivity index (χ3v) is 8.53. The number of hydrogen-bond donors (Lipinski definition) is 5. The van der Waals surface area contributed by atoms with Crippen LogP contribution in [0.4, 0.5) is 15.3 Å². The Morgan fingerprint density at radius 1 is 0.830 bits per heavy atom. The van der Waals surface area contributed by atoms with E-state index >= 15 is 0 Å². The van der Waals surface area contributed by atoms with E-state index in [1.165, 1.54) is 30.9 Å². The number of benzene rings is 2. The van der Waals surface area contributed by atoms with E-state index in [9.17, 15) is 24.0 Å². The van der Waals surface area contributed by atoms with Gasteiger partial charge in [-0.15, -0.1) is 0 Å². The minimum absolute atomic E-state index is 0.188. The van der Waals surface area contributed by atoms with Gasteiger partial charge in [0, 0.05) is 25.8 Å². The number of carbonyl (C=O) groups is 6. The Morgan fingerprint density at radius 2 is 1.32 bits per heavy atom. The van der Waals surface area contributed by atoms with E-state index in [4.69, 9.17) is 4.79 Å². The summed E-state index contributed by atoms with van der Waals surface area (Å²) in [5.41, 5.74) is 8.07. The van der Waals surface area contributed by atoms with Crippen LogP contribution in [0.1, 0.15) is 72.8 Å². The molecule has 1 heterocycles. The second-order valence-electron chi connectivity index (χ2n) is 14.7. The van der Waals surface area contributed by atoms with E-state index in [1.807, 2.05) is 48.6 Å². The molecule has 1 aliphatic heterocycles. The molecule has 3 atom stereocenters. The normalized spacial score (nSPS) is 14.7. The van der Waals surface area contributed by atoms with Gasteiger partial charge in [0.2, 0.25) is 18.2 Å². The molecule has 294 valence electrons. The monoisotopic (exact) mass is 740 g/mol. The van der Waals surface area contributed by atoms with Gasteiger partial charge in [0.05, 0.1) is 20.3 Å². The van der Waals surface area contributed by atoms with Gasteiger partial charge in [-0.05, 0) is 71.8 Å². The van der Waals surface area contributed by atoms with Gasteiger partial charge in [-0.25, -0.2) is 9.59 Å². The van der Waals surface area contributed by atoms with Crippen LogP contribution >= 0.6 is 0 Å². The SMILES string of the molecule is CNc1ccc(-c2ccc(CCCCNC(=O)C(NC(=O)OC)C(C)(C)C)cc2)cc1.COC(=O)NC(C(=O)N1CCCC1C=O)C(C)(C)C.NC=O. The summed E-state index contributed by atoms with van der Waals surface area (Å²) in [5, 5.41) is 11.2. The number of carbonyl (C=O) groups excluding carboxylic acids is 6. The molecule has 53 heavy (non-hydrogen) atoms. The number of aldehydes is 1. The number of likely N-dealkylation sites (tertiary alicyclic amines) is 1. The fraction of sp³-hybridized carbons (Fsp3) is 0.538. The van der Waals surface area contributed by atoms with Crippen LogP contribution in [0.2, 0.25) is 0 Å². The molecule has 0 spiro atoms. The van der Waals surface area contributed by atoms with Crippen molar-refractivity contribution < 1.29 is 38.2 Å². The molecule has 0 radical (unpaired) electrons. The fourth-order valence-corrected chi connectivity index (χ4v) is 5.51. The van der Waals surface area contributed by atoms with E-state index in [0.717, 1.165) is 37.7 Å². The number of alkyl carbamates (subject to hydrolysis) is 2. The summed E-state index contributed by atoms with van der Waals surface area (Å²) in [6, 6.07) is 15.3. The summed E-state index contributed by atoms with van der Waals surface area (Å²) in [4.78, 5) is 69.0. The molecular weight excluding hydrogens is 680 g/mol. The molecule has 2 aromatic carbocycles. The predicted octanol–water partition coefficient (Wildman–Crippen LogP) is 4.65. The number of anilines is 1. The highest BCUT2D eigenvalue weighted by atomic mass is 16.5. The molecule has 3 rings (SSSR count). The van der Waals surface area contributed by atoms with Crippen molar-refractivity contribution in [2.45, 2.75) is 91.8 Å². The van der Waals surface area contributed by atoms with E-state index < -0.39 is 35.1 Å². The summed E-state index contributed by atoms with van der Waals surface area (Å²) >= 11 is 0. The van der Waals surface area contributed by atoms with Crippen molar-refractivity contribution in [1.82, 2.24) is 20.9 Å². The second-order valence-corrected chi connectivity index (χ2v) is 14.7. The fourth-order valence-electron chi connectivity index (χ4n) is 5.51. The van der Waals surface area contributed by atoms with Crippen molar-refractivity contribution in [2.24, 2.45) is 16.6 Å². The van der Waals surface area contributed by atoms with Crippen LogP contribution in [-0.4, -0.2) is 94.1 Å². The zero-order valence-electron chi connectivity index (χ0n) is 32.7. The lowest BCUT2D eigenvalue weighted by atomic mass is 9.85. The summed E-state index contributed by atoms with van der Waals surface area (Å²) < 4.78 is 9.18. The Labute approximate surface area is 314 Å². The van der Waals surface area contributed by atoms with Crippen LogP contribution in [0.3, 0.4) is 0 Å². The van der Waals surface area contributed by atoms with Gasteiger partial charge in [-0.3, -0.25) is 14.4 Å². The van der Waals surface area contributed by atoms with Crippen molar-refractivity contribution in [3.63, 3.8) is 0 Å². The molecule has 0 bridgehead atoms. The zero-order chi connectivity index (χ0) is 40.2. The van der Waals surface area contributed by atoms with Crippen molar-refractivity contribution >= 4 is 42.4 Å². The highest BCUT2D eigenvalue weighted by Crippen LogP contribution is 2.26. The molecule has 0 aromatic heterocycles. The smallest absolute Gasteiger partial charge is 0.407 e. The van der Waals surface area contributed by atoms with Crippen molar-refractivity contribution in [3.05, 3.63) is 54.1 Å². The molecule has 1 saturated heterocycles. The highest BCUT2D eigenvalue weighted by molar-refractivity contribution is 5.89. The van der Waals surface area contributed by atoms with Crippen LogP contribution in [0.15, 0.2) is 48.5 Å². The lowest BCUT2D eigenvalue weighted by Crippen LogP contribution is -2.55. The van der Waals surface area contributed by atoms with Crippen LogP contribution in [0.5, 0.6) is 0 Å². The average molecular weight is 741 g/mol. The third kappa shape index (κ3) is 16.0. The number of nitrogens with two attached hydrogens (primary N) is 1. The van der Waals surface area contributed by atoms with Crippen LogP contribution < -0.4 is 27.0 Å². The van der Waals surface area contributed by atoms with Gasteiger partial charge < -0.3 is 46.2 Å². The number of aryl methyl sites for hydroxylation is 1. The molecule has 0 aliphatic carbocycles. The topological polar surface area (TPSA) is 198 Å². The predicted molar refractivity (Wildman–Crippen MR) is 206 cm³/mol. The van der Waals surface area contributed by atoms with Gasteiger partial charge in [0.15, 0.2) is 0 Å². The number of primary amides is 1. The van der Waals surface area contributed by atoms with E-state index in [0.29, 0.717) is 19.5 Å². The highest BCUT2D eigenvalue weighted by Gasteiger charge is 2.39. The molecule has 14 heteroatoms. The minimum atomic E-state index is -0.708. The number of nitrogens with one attached hydrogen (secondary N) is 4. The molecule has 14 nitrogen and oxygen atoms in total. The van der Waals surface area contributed by atoms with Gasteiger partial charge in [-0.2, -0.15) is 0 Å². The number of methoxy groups -OCH3 is 2. The first-order chi connectivity index (χ1) is 25.0. The number of amides is 5. The summed E-state index contributed by atoms with van der Waals surface area (Å²) in [7, 11) is 4.46. The van der Waals surface area contributed by atoms with Crippen molar-refractivity contribution in [1.29, 1.82) is 0 Å². The summed E-state index contributed by atoms with van der Waals surface area (Å²) in [6.45, 7) is 12.4. The number of nitrogens with zero attached hydrogens (tertiary/aromatic N) is 1. The Balaban J connectivity index is 0.000000544. The number of hydrogen-bond acceptors (Lipinski definition) is 9. The molecule has 1 aliphatic rings. The lowest BCUT2D eigenvalue weighted by molar-refractivity contribution is -0.138. The van der Waals surface area contributed by atoms with Gasteiger partial charge in [0.1, 0.15) is 18.4 Å². The maximum absolute atomic E-state index is 12.5. The number of rotatable bonds is 12. The molecule has 2 aromatic rings. The maximum atomic E-state index is 12.5. The molecule has 0 saturated carbocycles. The summed E-state index contributed by atoms with van der Waals surface area (Å²) in [6.07, 6.45) is 4.09. The van der Waals surface area contributed by atoms with Crippen LogP contribution in [0.25, 0.3) is 11.1 Å². The Kier molecular flexibility index (Phi) is 19.7. The van der Waals surface area contributed by atoms with Crippen LogP contribution in [0, 0.1) is 10.8 Å². The zero-order valence-corrected chi connectivity index (χ0v) is 32.7. The first kappa shape index (κ1) is 45.9. The number of ether oxygens (including phenoxy) is 2. The van der Waals surface area contributed by atoms with Gasteiger partial charge >= 0.3 is 12.2 Å². The molecular formula is C39H60N6O8. The Morgan fingerprint density at radius 3 is 1.77 bits per heavy atom. The molecule has 1 fully saturated rings. The van der Waals surface area contributed by atoms with E-state index in [2.05, 4.69) is 85.0 Å². The van der Waals surface area contributed by atoms with Gasteiger partial charge in [-0.1, -0.05) is 77.9 Å². The largest absolute Gasteiger partial charge is 0.453 e. The van der Waals surface area contributed by atoms with Crippen molar-refractivity contribution in [3.8, 4) is 11.1 Å². The van der Waals surface area contributed by atoms with Crippen LogP contribution in [-0.2, 0) is 35.1 Å². The third-order valence-electron chi connectivity index (χ3n) is 8.53. The quantitative estimate of drug-likeness (QED) is 0.152. The maximum Gasteiger partial charge on any atom is 0.407 e. The Bertz CT molecular complexity index is 1450. The van der Waals surface area contributed by atoms with Crippen molar-refractivity contribution in [2.75, 3.05) is 39.7 Å². The molecule has 3 unspecified atom stereocenters. The lowest BCUT2D eigenvalue weighted by Gasteiger charge is -2.34. The number of unbranched alkanes of at least 4 members (excludes halogenated alkanes) is 1. The Hall–Kier alpha value is -5.14. The average Bonchev–Trinajstić information content (AvgIpc) is 3.61. The first-order valence-corrected chi connectivity index (χ1v) is 17.7. The van der Waals surface area contributed by atoms with E-state index in [-0.39, 0.29) is 24.3 Å². The second kappa shape index (κ2) is 22.7. The summed E-state index contributed by atoms with van der Waals surface area (Å²) in [5.74, 6) is -0.418. The van der Waals surface area contributed by atoms with E-state index in [1.54, 1.807) is 4.90 Å². The van der Waals surface area contributed by atoms with Gasteiger partial charge in [0.25, 0.3) is 0 Å². The molecule has 5 amide bonds. The standard InChI is InChI=1S/C25H35N3O3.C13H22N2O4.CH3NO/c1-25(2,3)22(28-24(30)31-5)23(29)27-17-7-6-8-18-9-11-19(12-10-18)20-13-15-21(26-4)16-14-20;1-13(2,3)10(14-12(18)19-4)11(17)15-7-5-6-9(15)8-16;2-1-3/h9-16,22,26H,6-8,17H2,1-5H3,(H,27,29)(H,28,30);8-10H,5-7H2,1-4H3,(H,14,18);1H,(H2,2,3). The molecule has 6 N–H and O–H groups in total. The first-order valence-electron chi connectivity index (χ1n) is 17.7. The minimum Gasteiger partial charge on any atom is -0.453 e.